The highest BCUT2D eigenvalue weighted by Gasteiger charge is 2.32. The summed E-state index contributed by atoms with van der Waals surface area (Å²) in [6.45, 7) is 5.04. The number of ether oxygens (including phenoxy) is 2. The zero-order valence-electron chi connectivity index (χ0n) is 19.7. The van der Waals surface area contributed by atoms with E-state index in [1.54, 1.807) is 20.8 Å². The molecule has 0 saturated heterocycles. The monoisotopic (exact) mass is 529 g/mol. The Morgan fingerprint density at radius 2 is 1.67 bits per heavy atom. The number of anilines is 1. The summed E-state index contributed by atoms with van der Waals surface area (Å²) < 4.78 is 10.3. The Morgan fingerprint density at radius 1 is 1.03 bits per heavy atom. The quantitative estimate of drug-likeness (QED) is 0.157. The largest absolute Gasteiger partial charge is 0.462 e. The minimum absolute atomic E-state index is 0.0439. The standard InChI is InChI=1S/C24H23N3O7S2/c1-4-33-23(29)18-19(24(30)34-5-2)22(26-20(28)14(3)15-9-7-6-8-10-15)36-21(18)25-13-16-11-12-17(35-16)27(31)32/h6-14H,4-5H2,1-3H3,(H,26,28). The predicted molar refractivity (Wildman–Crippen MR) is 138 cm³/mol. The van der Waals surface area contributed by atoms with Crippen LogP contribution in [0.3, 0.4) is 0 Å². The van der Waals surface area contributed by atoms with E-state index in [-0.39, 0.29) is 39.3 Å². The van der Waals surface area contributed by atoms with Gasteiger partial charge < -0.3 is 14.8 Å². The normalized spacial score (nSPS) is 11.8. The van der Waals surface area contributed by atoms with Crippen molar-refractivity contribution in [3.63, 3.8) is 0 Å². The van der Waals surface area contributed by atoms with Crippen molar-refractivity contribution in [3.8, 4) is 0 Å². The zero-order valence-corrected chi connectivity index (χ0v) is 21.3. The van der Waals surface area contributed by atoms with E-state index in [4.69, 9.17) is 9.47 Å². The first-order valence-corrected chi connectivity index (χ1v) is 12.5. The molecular formula is C24H23N3O7S2. The van der Waals surface area contributed by atoms with Gasteiger partial charge in [-0.2, -0.15) is 0 Å². The van der Waals surface area contributed by atoms with Gasteiger partial charge in [0.05, 0.1) is 28.9 Å². The number of carbonyl (C=O) groups is 3. The number of esters is 2. The summed E-state index contributed by atoms with van der Waals surface area (Å²) in [7, 11) is 0. The molecule has 0 aliphatic carbocycles. The highest BCUT2D eigenvalue weighted by molar-refractivity contribution is 7.21. The van der Waals surface area contributed by atoms with E-state index in [2.05, 4.69) is 10.3 Å². The molecule has 0 bridgehead atoms. The van der Waals surface area contributed by atoms with E-state index in [0.29, 0.717) is 4.88 Å². The Morgan fingerprint density at radius 3 is 2.25 bits per heavy atom. The maximum absolute atomic E-state index is 13.0. The summed E-state index contributed by atoms with van der Waals surface area (Å²) in [4.78, 5) is 54.0. The highest BCUT2D eigenvalue weighted by Crippen LogP contribution is 2.41. The van der Waals surface area contributed by atoms with Crippen molar-refractivity contribution in [2.75, 3.05) is 18.5 Å². The third-order valence-corrected chi connectivity index (χ3v) is 6.86. The average molecular weight is 530 g/mol. The molecule has 0 radical (unpaired) electrons. The average Bonchev–Trinajstić information content (AvgIpc) is 3.48. The molecule has 1 unspecified atom stereocenters. The highest BCUT2D eigenvalue weighted by atomic mass is 32.1. The van der Waals surface area contributed by atoms with Crippen LogP contribution >= 0.6 is 22.7 Å². The van der Waals surface area contributed by atoms with Crippen LogP contribution in [-0.2, 0) is 14.3 Å². The number of aliphatic imine (C=N–C) groups is 1. The van der Waals surface area contributed by atoms with Crippen LogP contribution in [-0.4, -0.2) is 42.2 Å². The van der Waals surface area contributed by atoms with Crippen molar-refractivity contribution in [2.24, 2.45) is 4.99 Å². The first-order chi connectivity index (χ1) is 17.3. The molecule has 0 saturated carbocycles. The number of amides is 1. The lowest BCUT2D eigenvalue weighted by Crippen LogP contribution is -2.21. The molecular weight excluding hydrogens is 506 g/mol. The number of rotatable bonds is 10. The van der Waals surface area contributed by atoms with E-state index < -0.39 is 28.7 Å². The first kappa shape index (κ1) is 26.7. The molecule has 1 N–H and O–H groups in total. The summed E-state index contributed by atoms with van der Waals surface area (Å²) in [6.07, 6.45) is 1.35. The molecule has 2 aromatic heterocycles. The van der Waals surface area contributed by atoms with Gasteiger partial charge in [0.2, 0.25) is 5.91 Å². The molecule has 1 aromatic carbocycles. The minimum atomic E-state index is -0.812. The van der Waals surface area contributed by atoms with Crippen LogP contribution in [0, 0.1) is 10.1 Å². The number of benzene rings is 1. The Labute approximate surface area is 214 Å². The lowest BCUT2D eigenvalue weighted by molar-refractivity contribution is -0.380. The molecule has 36 heavy (non-hydrogen) atoms. The van der Waals surface area contributed by atoms with Crippen LogP contribution in [0.1, 0.15) is 57.8 Å². The second-order valence-electron chi connectivity index (χ2n) is 7.24. The zero-order chi connectivity index (χ0) is 26.2. The Bertz CT molecular complexity index is 1300. The molecule has 12 heteroatoms. The Hall–Kier alpha value is -3.90. The molecule has 10 nitrogen and oxygen atoms in total. The van der Waals surface area contributed by atoms with E-state index in [0.717, 1.165) is 28.2 Å². The van der Waals surface area contributed by atoms with Gasteiger partial charge in [-0.15, -0.1) is 0 Å². The van der Waals surface area contributed by atoms with Crippen molar-refractivity contribution in [3.05, 3.63) is 74.1 Å². The Kier molecular flexibility index (Phi) is 9.03. The molecule has 0 aliphatic heterocycles. The van der Waals surface area contributed by atoms with Gasteiger partial charge in [0.1, 0.15) is 21.1 Å². The molecule has 2 heterocycles. The van der Waals surface area contributed by atoms with Crippen LogP contribution in [0.4, 0.5) is 15.0 Å². The maximum atomic E-state index is 13.0. The van der Waals surface area contributed by atoms with Gasteiger partial charge in [0, 0.05) is 12.3 Å². The van der Waals surface area contributed by atoms with Crippen LogP contribution in [0.2, 0.25) is 0 Å². The first-order valence-electron chi connectivity index (χ1n) is 10.9. The molecule has 1 atom stereocenters. The third kappa shape index (κ3) is 6.20. The molecule has 0 fully saturated rings. The lowest BCUT2D eigenvalue weighted by atomic mass is 10.0. The SMILES string of the molecule is CCOC(=O)c1c(N=Cc2ccc([N+](=O)[O-])s2)sc(NC(=O)C(C)c2ccccc2)c1C(=O)OCC. The summed E-state index contributed by atoms with van der Waals surface area (Å²) >= 11 is 1.81. The number of thiophene rings is 2. The number of hydrogen-bond acceptors (Lipinski definition) is 10. The maximum Gasteiger partial charge on any atom is 0.342 e. The Balaban J connectivity index is 2.06. The van der Waals surface area contributed by atoms with E-state index in [1.165, 1.54) is 18.3 Å². The number of nitro groups is 1. The topological polar surface area (TPSA) is 137 Å². The second kappa shape index (κ2) is 12.2. The van der Waals surface area contributed by atoms with Gasteiger partial charge in [-0.05, 0) is 32.4 Å². The third-order valence-electron chi connectivity index (χ3n) is 4.88. The smallest absolute Gasteiger partial charge is 0.342 e. The predicted octanol–water partition coefficient (Wildman–Crippen LogP) is 5.56. The number of carbonyl (C=O) groups excluding carboxylic acids is 3. The van der Waals surface area contributed by atoms with Crippen molar-refractivity contribution >= 4 is 61.7 Å². The van der Waals surface area contributed by atoms with Crippen LogP contribution in [0.25, 0.3) is 0 Å². The molecule has 3 rings (SSSR count). The van der Waals surface area contributed by atoms with Crippen molar-refractivity contribution in [2.45, 2.75) is 26.7 Å². The van der Waals surface area contributed by atoms with Gasteiger partial charge in [-0.3, -0.25) is 14.9 Å². The van der Waals surface area contributed by atoms with Crippen LogP contribution in [0.5, 0.6) is 0 Å². The van der Waals surface area contributed by atoms with Crippen LogP contribution < -0.4 is 5.32 Å². The van der Waals surface area contributed by atoms with Crippen LogP contribution in [0.15, 0.2) is 47.5 Å². The molecule has 0 aliphatic rings. The summed E-state index contributed by atoms with van der Waals surface area (Å²) in [6, 6.07) is 11.9. The van der Waals surface area contributed by atoms with Gasteiger partial charge >= 0.3 is 16.9 Å². The number of nitrogens with one attached hydrogen (secondary N) is 1. The van der Waals surface area contributed by atoms with E-state index in [9.17, 15) is 24.5 Å². The summed E-state index contributed by atoms with van der Waals surface area (Å²) in [5.41, 5.74) is 0.468. The van der Waals surface area contributed by atoms with Crippen molar-refractivity contribution in [1.82, 2.24) is 0 Å². The molecule has 188 valence electrons. The minimum Gasteiger partial charge on any atom is -0.462 e. The fourth-order valence-electron chi connectivity index (χ4n) is 3.13. The number of nitrogens with zero attached hydrogens (tertiary/aromatic N) is 2. The number of hydrogen-bond donors (Lipinski definition) is 1. The van der Waals surface area contributed by atoms with Gasteiger partial charge in [0.15, 0.2) is 0 Å². The lowest BCUT2D eigenvalue weighted by Gasteiger charge is -2.13. The molecule has 0 spiro atoms. The van der Waals surface area contributed by atoms with Crippen molar-refractivity contribution in [1.29, 1.82) is 0 Å². The van der Waals surface area contributed by atoms with E-state index in [1.807, 2.05) is 30.3 Å². The van der Waals surface area contributed by atoms with E-state index >= 15 is 0 Å². The van der Waals surface area contributed by atoms with Gasteiger partial charge in [-0.1, -0.05) is 53.0 Å². The summed E-state index contributed by atoms with van der Waals surface area (Å²) in [5.74, 6) is -2.56. The van der Waals surface area contributed by atoms with Gasteiger partial charge in [-0.25, -0.2) is 14.6 Å². The fraction of sp³-hybridized carbons (Fsp3) is 0.250. The van der Waals surface area contributed by atoms with Gasteiger partial charge in [0.25, 0.3) is 0 Å². The summed E-state index contributed by atoms with van der Waals surface area (Å²) in [5, 5.41) is 13.8. The molecule has 1 amide bonds. The second-order valence-corrected chi connectivity index (χ2v) is 9.33. The fourth-order valence-corrected chi connectivity index (χ4v) is 4.85. The molecule has 3 aromatic rings. The van der Waals surface area contributed by atoms with Crippen molar-refractivity contribution < 1.29 is 28.8 Å².